The summed E-state index contributed by atoms with van der Waals surface area (Å²) in [5.74, 6) is 12.4. The predicted octanol–water partition coefficient (Wildman–Crippen LogP) is 10.4. The van der Waals surface area contributed by atoms with E-state index < -0.39 is 11.9 Å². The van der Waals surface area contributed by atoms with Gasteiger partial charge in [-0.1, -0.05) is 74.5 Å². The smallest absolute Gasteiger partial charge is 0.341 e. The summed E-state index contributed by atoms with van der Waals surface area (Å²) in [6.07, 6.45) is 1.37. The molecule has 8 heteroatoms. The Bertz CT molecular complexity index is 2580. The largest absolute Gasteiger partial charge is 0.489 e. The standard InChI is InChI=1S/C50H40O8/c1-3-21-55-49(51)43-27-35-25-37-19-17-33(35)29-47(43)53-23-11-5-6-12-24-54-48-30-34-18-20-38(26-36(34)28-44(48)50(52)56-22-4-2)58-32-46-41-15-9-7-13-39(41)45(31-57-37)40-14-8-10-16-42(40)46/h7-10,13-20,25-30H,3-4,21-24,31-32H2,1-2H3. The zero-order valence-electron chi connectivity index (χ0n) is 32.3. The summed E-state index contributed by atoms with van der Waals surface area (Å²) in [4.78, 5) is 26.5. The van der Waals surface area contributed by atoms with Crippen molar-refractivity contribution in [1.82, 2.24) is 0 Å². The summed E-state index contributed by atoms with van der Waals surface area (Å²) in [5, 5.41) is 7.56. The number of fused-ring (bicyclic) bond motifs is 1. The van der Waals surface area contributed by atoms with Crippen LogP contribution in [-0.4, -0.2) is 38.4 Å². The molecule has 0 aliphatic carbocycles. The molecule has 15 rings (SSSR count). The number of hydrogen-bond donors (Lipinski definition) is 0. The second kappa shape index (κ2) is 17.3. The van der Waals surface area contributed by atoms with Crippen molar-refractivity contribution < 1.29 is 38.0 Å². The molecule has 0 atom stereocenters. The lowest BCUT2D eigenvalue weighted by Crippen LogP contribution is -2.09. The third kappa shape index (κ3) is 8.05. The van der Waals surface area contributed by atoms with Crippen LogP contribution in [0.4, 0.5) is 0 Å². The van der Waals surface area contributed by atoms with Crippen molar-refractivity contribution in [3.8, 4) is 46.7 Å². The fourth-order valence-electron chi connectivity index (χ4n) is 7.11. The van der Waals surface area contributed by atoms with Crippen LogP contribution in [0.25, 0.3) is 43.1 Å². The minimum atomic E-state index is -0.483. The van der Waals surface area contributed by atoms with E-state index in [-0.39, 0.29) is 26.4 Å². The normalized spacial score (nSPS) is 12.7. The van der Waals surface area contributed by atoms with E-state index in [9.17, 15) is 9.59 Å². The van der Waals surface area contributed by atoms with E-state index in [0.717, 1.165) is 54.2 Å². The van der Waals surface area contributed by atoms with Crippen LogP contribution >= 0.6 is 0 Å². The number of carbonyl (C=O) groups excluding carboxylic acids is 2. The number of hydrogen-bond acceptors (Lipinski definition) is 8. The van der Waals surface area contributed by atoms with Crippen LogP contribution in [0.5, 0.6) is 23.0 Å². The molecule has 8 nitrogen and oxygen atoms in total. The van der Waals surface area contributed by atoms with Crippen molar-refractivity contribution in [2.24, 2.45) is 0 Å². The highest BCUT2D eigenvalue weighted by Gasteiger charge is 2.19. The molecule has 58 heavy (non-hydrogen) atoms. The topological polar surface area (TPSA) is 89.5 Å². The number of ether oxygens (including phenoxy) is 6. The predicted molar refractivity (Wildman–Crippen MR) is 226 cm³/mol. The Labute approximate surface area is 336 Å². The van der Waals surface area contributed by atoms with Gasteiger partial charge in [-0.15, -0.1) is 0 Å². The second-order valence-corrected chi connectivity index (χ2v) is 13.8. The molecule has 7 aromatic rings. The van der Waals surface area contributed by atoms with Crippen LogP contribution in [0.3, 0.4) is 0 Å². The first-order valence-electron chi connectivity index (χ1n) is 19.4. The number of rotatable bonds is 6. The molecule has 0 fully saturated rings. The maximum atomic E-state index is 13.2. The first kappa shape index (κ1) is 37.7. The minimum Gasteiger partial charge on any atom is -0.489 e. The molecule has 0 amide bonds. The third-order valence-electron chi connectivity index (χ3n) is 9.89. The molecule has 0 unspecified atom stereocenters. The average Bonchev–Trinajstić information content (AvgIpc) is 3.25. The summed E-state index contributed by atoms with van der Waals surface area (Å²) in [6, 6.07) is 35.3. The van der Waals surface area contributed by atoms with Crippen molar-refractivity contribution in [2.45, 2.75) is 39.9 Å². The molecule has 10 bridgehead atoms. The van der Waals surface area contributed by atoms with Gasteiger partial charge >= 0.3 is 11.9 Å². The van der Waals surface area contributed by atoms with Gasteiger partial charge in [0, 0.05) is 11.1 Å². The fourth-order valence-corrected chi connectivity index (χ4v) is 7.11. The molecule has 0 spiro atoms. The third-order valence-corrected chi connectivity index (χ3v) is 9.89. The van der Waals surface area contributed by atoms with Crippen molar-refractivity contribution in [1.29, 1.82) is 0 Å². The fraction of sp³-hybridized carbons (Fsp3) is 0.200. The molecule has 8 heterocycles. The van der Waals surface area contributed by atoms with Gasteiger partial charge in [0.2, 0.25) is 0 Å². The van der Waals surface area contributed by atoms with E-state index in [1.165, 1.54) is 0 Å². The molecule has 0 N–H and O–H groups in total. The van der Waals surface area contributed by atoms with Gasteiger partial charge in [-0.3, -0.25) is 0 Å². The highest BCUT2D eigenvalue weighted by Crippen LogP contribution is 2.36. The Morgan fingerprint density at radius 1 is 0.517 bits per heavy atom. The summed E-state index contributed by atoms with van der Waals surface area (Å²) in [6.45, 7) is 5.04. The first-order valence-corrected chi connectivity index (χ1v) is 19.4. The zero-order chi connectivity index (χ0) is 39.8. The summed E-state index contributed by atoms with van der Waals surface area (Å²) >= 11 is 0. The maximum absolute atomic E-state index is 13.2. The quantitative estimate of drug-likeness (QED) is 0.0939. The van der Waals surface area contributed by atoms with E-state index in [2.05, 4.69) is 47.9 Å². The van der Waals surface area contributed by atoms with E-state index in [1.807, 2.05) is 86.6 Å². The Kier molecular flexibility index (Phi) is 11.3. The summed E-state index contributed by atoms with van der Waals surface area (Å²) < 4.78 is 36.1. The number of benzene rings is 7. The van der Waals surface area contributed by atoms with Crippen molar-refractivity contribution in [3.63, 3.8) is 0 Å². The highest BCUT2D eigenvalue weighted by atomic mass is 16.5. The molecule has 0 saturated carbocycles. The Hall–Kier alpha value is -7.16. The van der Waals surface area contributed by atoms with Crippen LogP contribution in [-0.2, 0) is 22.7 Å². The van der Waals surface area contributed by atoms with Crippen molar-refractivity contribution in [3.05, 3.63) is 131 Å². The van der Waals surface area contributed by atoms with Gasteiger partial charge in [-0.2, -0.15) is 0 Å². The van der Waals surface area contributed by atoms with E-state index >= 15 is 0 Å². The van der Waals surface area contributed by atoms with Gasteiger partial charge in [0.1, 0.15) is 60.6 Å². The second-order valence-electron chi connectivity index (χ2n) is 13.8. The van der Waals surface area contributed by atoms with Crippen LogP contribution in [0, 0.1) is 23.7 Å². The molecular formula is C50H40O8. The Balaban J connectivity index is 1.23. The number of carbonyl (C=O) groups is 2. The molecule has 7 aromatic carbocycles. The molecule has 0 saturated heterocycles. The zero-order valence-corrected chi connectivity index (χ0v) is 32.3. The molecular weight excluding hydrogens is 729 g/mol. The van der Waals surface area contributed by atoms with Crippen molar-refractivity contribution in [2.75, 3.05) is 26.4 Å². The van der Waals surface area contributed by atoms with Gasteiger partial charge in [-0.25, -0.2) is 9.59 Å². The van der Waals surface area contributed by atoms with Crippen LogP contribution in [0.15, 0.2) is 109 Å². The molecule has 0 aromatic heterocycles. The van der Waals surface area contributed by atoms with Gasteiger partial charge in [-0.05, 0) is 128 Å². The van der Waals surface area contributed by atoms with Crippen molar-refractivity contribution >= 4 is 55.0 Å². The first-order chi connectivity index (χ1) is 28.5. The van der Waals surface area contributed by atoms with Crippen LogP contribution in [0.2, 0.25) is 0 Å². The van der Waals surface area contributed by atoms with Gasteiger partial charge in [0.25, 0.3) is 0 Å². The number of esters is 2. The molecule has 8 aliphatic heterocycles. The Morgan fingerprint density at radius 3 is 1.33 bits per heavy atom. The SMILES string of the molecule is CCCOC(=O)c1cc2cc3ccc2cc1OCC#CC#CCOc1cc2ccc(cc2cc1C(=O)OCCC)OCc1c2ccccc2c(c2ccccc12)CO3. The summed E-state index contributed by atoms with van der Waals surface area (Å²) in [7, 11) is 0. The van der Waals surface area contributed by atoms with Gasteiger partial charge in [0.15, 0.2) is 0 Å². The molecule has 0 radical (unpaired) electrons. The maximum Gasteiger partial charge on any atom is 0.341 e. The minimum absolute atomic E-state index is 0.0131. The van der Waals surface area contributed by atoms with E-state index in [1.54, 1.807) is 12.1 Å². The monoisotopic (exact) mass is 768 g/mol. The average molecular weight is 769 g/mol. The van der Waals surface area contributed by atoms with Crippen LogP contribution < -0.4 is 18.9 Å². The highest BCUT2D eigenvalue weighted by molar-refractivity contribution is 6.06. The van der Waals surface area contributed by atoms with E-state index in [4.69, 9.17) is 28.4 Å². The van der Waals surface area contributed by atoms with Crippen LogP contribution in [0.1, 0.15) is 58.5 Å². The lowest BCUT2D eigenvalue weighted by Gasteiger charge is -2.18. The molecule has 8 aliphatic rings. The van der Waals surface area contributed by atoms with E-state index in [0.29, 0.717) is 60.2 Å². The Morgan fingerprint density at radius 2 is 0.931 bits per heavy atom. The lowest BCUT2D eigenvalue weighted by molar-refractivity contribution is 0.0491. The van der Waals surface area contributed by atoms with Gasteiger partial charge < -0.3 is 28.4 Å². The van der Waals surface area contributed by atoms with Gasteiger partial charge in [0.05, 0.1) is 13.2 Å². The summed E-state index contributed by atoms with van der Waals surface area (Å²) in [5.41, 5.74) is 2.68. The lowest BCUT2D eigenvalue weighted by atomic mass is 9.92. The molecule has 288 valence electrons.